The molecule has 0 spiro atoms. The molecule has 4 nitrogen and oxygen atoms in total. The van der Waals surface area contributed by atoms with Crippen LogP contribution in [0.25, 0.3) is 0 Å². The summed E-state index contributed by atoms with van der Waals surface area (Å²) in [5.41, 5.74) is 7.61. The van der Waals surface area contributed by atoms with Crippen LogP contribution >= 0.6 is 0 Å². The minimum Gasteiger partial charge on any atom is -0.399 e. The molecular formula is C14H24N2O2S. The van der Waals surface area contributed by atoms with E-state index in [0.717, 1.165) is 24.3 Å². The van der Waals surface area contributed by atoms with E-state index in [9.17, 15) is 8.42 Å². The highest BCUT2D eigenvalue weighted by molar-refractivity contribution is 7.91. The van der Waals surface area contributed by atoms with E-state index in [-0.39, 0.29) is 17.5 Å². The molecule has 0 bridgehead atoms. The van der Waals surface area contributed by atoms with Crippen LogP contribution in [-0.4, -0.2) is 37.4 Å². The van der Waals surface area contributed by atoms with Crippen LogP contribution in [0.1, 0.15) is 26.3 Å². The van der Waals surface area contributed by atoms with Gasteiger partial charge in [-0.15, -0.1) is 0 Å². The zero-order valence-electron chi connectivity index (χ0n) is 12.0. The van der Waals surface area contributed by atoms with Crippen LogP contribution in [0.15, 0.2) is 24.3 Å². The second-order valence-corrected chi connectivity index (χ2v) is 7.25. The first-order chi connectivity index (χ1) is 8.88. The van der Waals surface area contributed by atoms with Gasteiger partial charge in [0.05, 0.1) is 5.75 Å². The lowest BCUT2D eigenvalue weighted by Gasteiger charge is -2.27. The first-order valence-electron chi connectivity index (χ1n) is 6.66. The predicted molar refractivity (Wildman–Crippen MR) is 80.7 cm³/mol. The normalized spacial score (nSPS) is 13.7. The van der Waals surface area contributed by atoms with Gasteiger partial charge >= 0.3 is 0 Å². The van der Waals surface area contributed by atoms with Crippen molar-refractivity contribution >= 4 is 15.5 Å². The van der Waals surface area contributed by atoms with E-state index in [2.05, 4.69) is 4.90 Å². The maximum absolute atomic E-state index is 11.7. The summed E-state index contributed by atoms with van der Waals surface area (Å²) in [4.78, 5) is 2.15. The van der Waals surface area contributed by atoms with Crippen molar-refractivity contribution in [1.29, 1.82) is 0 Å². The first-order valence-corrected chi connectivity index (χ1v) is 8.49. The quantitative estimate of drug-likeness (QED) is 0.777. The van der Waals surface area contributed by atoms with Crippen molar-refractivity contribution in [2.45, 2.75) is 33.4 Å². The second-order valence-electron chi connectivity index (χ2n) is 4.86. The van der Waals surface area contributed by atoms with E-state index in [4.69, 9.17) is 5.73 Å². The molecule has 1 rings (SSSR count). The van der Waals surface area contributed by atoms with Gasteiger partial charge in [0.25, 0.3) is 0 Å². The molecule has 0 fully saturated rings. The Hall–Kier alpha value is -1.07. The Morgan fingerprint density at radius 3 is 2.53 bits per heavy atom. The summed E-state index contributed by atoms with van der Waals surface area (Å²) in [5.74, 6) is 0.410. The molecule has 1 aromatic carbocycles. The molecule has 0 radical (unpaired) electrons. The van der Waals surface area contributed by atoms with E-state index in [0.29, 0.717) is 0 Å². The van der Waals surface area contributed by atoms with E-state index in [1.54, 1.807) is 6.92 Å². The summed E-state index contributed by atoms with van der Waals surface area (Å²) in [5, 5.41) is 0. The molecule has 1 unspecified atom stereocenters. The molecule has 0 heterocycles. The number of hydrogen-bond donors (Lipinski definition) is 1. The number of hydrogen-bond acceptors (Lipinski definition) is 4. The Labute approximate surface area is 116 Å². The zero-order valence-corrected chi connectivity index (χ0v) is 12.8. The van der Waals surface area contributed by atoms with Gasteiger partial charge in [-0.2, -0.15) is 0 Å². The van der Waals surface area contributed by atoms with E-state index < -0.39 is 9.84 Å². The number of nitrogen functional groups attached to an aromatic ring is 1. The standard InChI is InChI=1S/C14H24N2O2S/c1-4-16(12(3)11-19(17,18)5-2)10-13-7-6-8-14(15)9-13/h6-9,12H,4-5,10-11,15H2,1-3H3. The van der Waals surface area contributed by atoms with Gasteiger partial charge in [0.15, 0.2) is 9.84 Å². The van der Waals surface area contributed by atoms with E-state index in [1.807, 2.05) is 38.1 Å². The van der Waals surface area contributed by atoms with Crippen LogP contribution in [0.5, 0.6) is 0 Å². The molecule has 5 heteroatoms. The fourth-order valence-electron chi connectivity index (χ4n) is 2.10. The van der Waals surface area contributed by atoms with Crippen LogP contribution < -0.4 is 5.73 Å². The lowest BCUT2D eigenvalue weighted by atomic mass is 10.1. The summed E-state index contributed by atoms with van der Waals surface area (Å²) in [6, 6.07) is 7.73. The lowest BCUT2D eigenvalue weighted by Crippen LogP contribution is -2.37. The second kappa shape index (κ2) is 6.91. The molecule has 0 amide bonds. The highest BCUT2D eigenvalue weighted by atomic mass is 32.2. The molecule has 108 valence electrons. The third kappa shape index (κ3) is 5.20. The van der Waals surface area contributed by atoms with Crippen molar-refractivity contribution < 1.29 is 8.42 Å². The third-order valence-electron chi connectivity index (χ3n) is 3.30. The molecule has 1 atom stereocenters. The van der Waals surface area contributed by atoms with Gasteiger partial charge in [-0.3, -0.25) is 4.90 Å². The predicted octanol–water partition coefficient (Wildman–Crippen LogP) is 1.91. The zero-order chi connectivity index (χ0) is 14.5. The maximum atomic E-state index is 11.7. The third-order valence-corrected chi connectivity index (χ3v) is 5.17. The molecule has 0 aliphatic heterocycles. The molecule has 1 aromatic rings. The summed E-state index contributed by atoms with van der Waals surface area (Å²) >= 11 is 0. The summed E-state index contributed by atoms with van der Waals surface area (Å²) in [6.07, 6.45) is 0. The largest absolute Gasteiger partial charge is 0.399 e. The number of anilines is 1. The van der Waals surface area contributed by atoms with Crippen molar-refractivity contribution in [2.24, 2.45) is 0 Å². The van der Waals surface area contributed by atoms with E-state index in [1.165, 1.54) is 0 Å². The highest BCUT2D eigenvalue weighted by Gasteiger charge is 2.19. The number of rotatable bonds is 7. The fourth-order valence-corrected chi connectivity index (χ4v) is 3.28. The Balaban J connectivity index is 2.73. The highest BCUT2D eigenvalue weighted by Crippen LogP contribution is 2.12. The van der Waals surface area contributed by atoms with Crippen LogP contribution in [0.2, 0.25) is 0 Å². The molecular weight excluding hydrogens is 260 g/mol. The summed E-state index contributed by atoms with van der Waals surface area (Å²) < 4.78 is 23.4. The van der Waals surface area contributed by atoms with Crippen LogP contribution in [-0.2, 0) is 16.4 Å². The van der Waals surface area contributed by atoms with E-state index >= 15 is 0 Å². The number of nitrogens with zero attached hydrogens (tertiary/aromatic N) is 1. The Kier molecular flexibility index (Phi) is 5.82. The maximum Gasteiger partial charge on any atom is 0.151 e. The number of nitrogens with two attached hydrogens (primary N) is 1. The van der Waals surface area contributed by atoms with Crippen LogP contribution in [0.4, 0.5) is 5.69 Å². The van der Waals surface area contributed by atoms with Crippen LogP contribution in [0, 0.1) is 0 Å². The SMILES string of the molecule is CCN(Cc1cccc(N)c1)C(C)CS(=O)(=O)CC. The molecule has 0 aromatic heterocycles. The van der Waals surface area contributed by atoms with Crippen LogP contribution in [0.3, 0.4) is 0 Å². The lowest BCUT2D eigenvalue weighted by molar-refractivity contribution is 0.226. The van der Waals surface area contributed by atoms with Gasteiger partial charge in [-0.05, 0) is 31.2 Å². The van der Waals surface area contributed by atoms with Gasteiger partial charge in [0, 0.05) is 24.0 Å². The molecule has 0 saturated carbocycles. The Morgan fingerprint density at radius 2 is 2.00 bits per heavy atom. The van der Waals surface area contributed by atoms with Gasteiger partial charge in [-0.1, -0.05) is 26.0 Å². The molecule has 0 aliphatic rings. The van der Waals surface area contributed by atoms with Gasteiger partial charge in [0.1, 0.15) is 0 Å². The van der Waals surface area contributed by atoms with Crippen molar-refractivity contribution in [3.63, 3.8) is 0 Å². The van der Waals surface area contributed by atoms with Crippen molar-refractivity contribution in [1.82, 2.24) is 4.90 Å². The summed E-state index contributed by atoms with van der Waals surface area (Å²) in [7, 11) is -2.94. The smallest absolute Gasteiger partial charge is 0.151 e. The Bertz CT molecular complexity index is 500. The van der Waals surface area contributed by atoms with Crippen molar-refractivity contribution in [3.05, 3.63) is 29.8 Å². The van der Waals surface area contributed by atoms with Gasteiger partial charge in [0.2, 0.25) is 0 Å². The van der Waals surface area contributed by atoms with Crippen molar-refractivity contribution in [2.75, 3.05) is 23.8 Å². The molecule has 2 N–H and O–H groups in total. The molecule has 0 aliphatic carbocycles. The number of benzene rings is 1. The average molecular weight is 284 g/mol. The van der Waals surface area contributed by atoms with Gasteiger partial charge < -0.3 is 5.73 Å². The molecule has 0 saturated heterocycles. The van der Waals surface area contributed by atoms with Crippen molar-refractivity contribution in [3.8, 4) is 0 Å². The average Bonchev–Trinajstić information content (AvgIpc) is 2.35. The topological polar surface area (TPSA) is 63.4 Å². The first kappa shape index (κ1) is 16.0. The summed E-state index contributed by atoms with van der Waals surface area (Å²) in [6.45, 7) is 7.23. The Morgan fingerprint density at radius 1 is 1.32 bits per heavy atom. The van der Waals surface area contributed by atoms with Gasteiger partial charge in [-0.25, -0.2) is 8.42 Å². The molecule has 19 heavy (non-hydrogen) atoms. The monoisotopic (exact) mass is 284 g/mol. The minimum atomic E-state index is -2.94. The number of sulfone groups is 1. The fraction of sp³-hybridized carbons (Fsp3) is 0.571. The minimum absolute atomic E-state index is 0.0105.